The van der Waals surface area contributed by atoms with Gasteiger partial charge in [-0.25, -0.2) is 0 Å². The monoisotopic (exact) mass is 734 g/mol. The van der Waals surface area contributed by atoms with E-state index in [-0.39, 0.29) is 4.44 Å². The van der Waals surface area contributed by atoms with E-state index in [1.807, 2.05) is 34.6 Å². The van der Waals surface area contributed by atoms with Crippen molar-refractivity contribution in [3.63, 3.8) is 0 Å². The van der Waals surface area contributed by atoms with Crippen molar-refractivity contribution in [3.05, 3.63) is 0 Å². The molecular formula is C20H45F3O2Sn3. The molecule has 0 unspecified atom stereocenters. The fraction of sp³-hybridized carbons (Fsp3) is 1.00. The van der Waals surface area contributed by atoms with E-state index < -0.39 is 58.5 Å². The average molecular weight is 731 g/mol. The minimum atomic E-state index is -5.20. The van der Waals surface area contributed by atoms with Gasteiger partial charge in [0.2, 0.25) is 0 Å². The van der Waals surface area contributed by atoms with Gasteiger partial charge in [0, 0.05) is 0 Å². The summed E-state index contributed by atoms with van der Waals surface area (Å²) in [5.74, 6) is 0. The van der Waals surface area contributed by atoms with Crippen LogP contribution in [-0.4, -0.2) is 58.5 Å². The molecule has 0 bridgehead atoms. The third kappa shape index (κ3) is 13.5. The van der Waals surface area contributed by atoms with Crippen molar-refractivity contribution in [1.82, 2.24) is 0 Å². The number of unbranched alkanes of at least 4 members (excludes halogenated alkanes) is 5. The molecule has 0 heterocycles. The van der Waals surface area contributed by atoms with Crippen LogP contribution in [0.4, 0.5) is 8.60 Å². The summed E-state index contributed by atoms with van der Waals surface area (Å²) in [4.78, 5) is 0. The van der Waals surface area contributed by atoms with Crippen molar-refractivity contribution in [3.8, 4) is 0 Å². The van der Waals surface area contributed by atoms with Crippen LogP contribution in [0.3, 0.4) is 0 Å². The van der Waals surface area contributed by atoms with E-state index in [9.17, 15) is 0 Å². The van der Waals surface area contributed by atoms with E-state index in [4.69, 9.17) is 2.82 Å². The zero-order valence-corrected chi connectivity index (χ0v) is 27.6. The van der Waals surface area contributed by atoms with Gasteiger partial charge < -0.3 is 0 Å². The molecule has 0 atom stereocenters. The topological polar surface area (TPSA) is 18.5 Å². The van der Waals surface area contributed by atoms with Crippen LogP contribution >= 0.6 is 0 Å². The predicted octanol–water partition coefficient (Wildman–Crippen LogP) is 8.75. The number of hydrogen-bond donors (Lipinski definition) is 0. The molecule has 0 spiro atoms. The van der Waals surface area contributed by atoms with E-state index in [1.165, 1.54) is 0 Å². The van der Waals surface area contributed by atoms with Crippen LogP contribution in [0.1, 0.15) is 98.8 Å². The van der Waals surface area contributed by atoms with Crippen LogP contribution in [-0.2, 0) is 2.82 Å². The summed E-state index contributed by atoms with van der Waals surface area (Å²) in [6.45, 7) is 10.1. The summed E-state index contributed by atoms with van der Waals surface area (Å²) in [6.07, 6.45) is 7.87. The molecule has 0 aliphatic carbocycles. The molecule has 0 fully saturated rings. The van der Waals surface area contributed by atoms with Crippen LogP contribution < -0.4 is 0 Å². The number of hydrogen-bond acceptors (Lipinski definition) is 2. The molecule has 0 aromatic heterocycles. The summed E-state index contributed by atoms with van der Waals surface area (Å²) >= 11 is -14.3. The first-order valence-electron chi connectivity index (χ1n) is 11.7. The van der Waals surface area contributed by atoms with Gasteiger partial charge >= 0.3 is 191 Å². The van der Waals surface area contributed by atoms with Gasteiger partial charge in [-0.3, -0.25) is 0 Å². The Labute approximate surface area is 189 Å². The Morgan fingerprint density at radius 3 is 0.964 bits per heavy atom. The number of halogens is 3. The first kappa shape index (κ1) is 30.1. The van der Waals surface area contributed by atoms with Gasteiger partial charge in [-0.05, 0) is 0 Å². The van der Waals surface area contributed by atoms with E-state index in [1.54, 1.807) is 0 Å². The summed E-state index contributed by atoms with van der Waals surface area (Å²) in [5, 5.41) is 0. The van der Waals surface area contributed by atoms with Crippen LogP contribution in [0.15, 0.2) is 0 Å². The minimum absolute atomic E-state index is 0.160. The molecule has 0 N–H and O–H groups in total. The Morgan fingerprint density at radius 1 is 0.464 bits per heavy atom. The normalized spacial score (nSPS) is 13.3. The second-order valence-corrected chi connectivity index (χ2v) is 38.1. The zero-order chi connectivity index (χ0) is 21.5. The Kier molecular flexibility index (Phi) is 18.0. The first-order valence-corrected chi connectivity index (χ1v) is 29.7. The molecule has 0 aromatic rings. The molecule has 8 heteroatoms. The molecule has 0 saturated carbocycles. The third-order valence-corrected chi connectivity index (χ3v) is 49.9. The zero-order valence-electron chi connectivity index (χ0n) is 19.1. The predicted molar refractivity (Wildman–Crippen MR) is 121 cm³/mol. The van der Waals surface area contributed by atoms with Gasteiger partial charge in [-0.1, -0.05) is 0 Å². The molecule has 0 saturated heterocycles. The van der Waals surface area contributed by atoms with E-state index in [2.05, 4.69) is 0 Å². The van der Waals surface area contributed by atoms with Gasteiger partial charge in [-0.15, -0.1) is 0 Å². The maximum atomic E-state index is 16.1. The molecule has 0 rings (SSSR count). The van der Waals surface area contributed by atoms with Crippen LogP contribution in [0.5, 0.6) is 0 Å². The Balaban J connectivity index is 5.50. The molecule has 2 nitrogen and oxygen atoms in total. The molecule has 0 aliphatic rings. The Bertz CT molecular complexity index is 346. The van der Waals surface area contributed by atoms with Gasteiger partial charge in [0.25, 0.3) is 0 Å². The van der Waals surface area contributed by atoms with Crippen molar-refractivity contribution in [2.24, 2.45) is 0 Å². The fourth-order valence-corrected chi connectivity index (χ4v) is 60.8. The van der Waals surface area contributed by atoms with Crippen molar-refractivity contribution in [1.29, 1.82) is 0 Å². The van der Waals surface area contributed by atoms with Gasteiger partial charge in [0.15, 0.2) is 0 Å². The Morgan fingerprint density at radius 2 is 0.714 bits per heavy atom. The second-order valence-electron chi connectivity index (χ2n) is 8.15. The van der Waals surface area contributed by atoms with Crippen molar-refractivity contribution in [2.45, 2.75) is 121 Å². The molecule has 0 amide bonds. The molecular weight excluding hydrogens is 685 g/mol. The van der Waals surface area contributed by atoms with Crippen LogP contribution in [0.2, 0.25) is 22.2 Å². The molecule has 0 radical (unpaired) electrons. The molecule has 28 heavy (non-hydrogen) atoms. The third-order valence-electron chi connectivity index (χ3n) is 5.11. The second kappa shape index (κ2) is 16.7. The average Bonchev–Trinajstić information content (AvgIpc) is 2.66. The van der Waals surface area contributed by atoms with Crippen LogP contribution in [0.25, 0.3) is 0 Å². The van der Waals surface area contributed by atoms with Gasteiger partial charge in [0.05, 0.1) is 0 Å². The van der Waals surface area contributed by atoms with E-state index in [0.717, 1.165) is 57.8 Å². The summed E-state index contributed by atoms with van der Waals surface area (Å²) in [6, 6.07) is 0. The van der Waals surface area contributed by atoms with Crippen LogP contribution in [0, 0.1) is 0 Å². The van der Waals surface area contributed by atoms with E-state index in [0.29, 0.717) is 24.2 Å². The van der Waals surface area contributed by atoms with Crippen molar-refractivity contribution < 1.29 is 11.4 Å². The first-order chi connectivity index (χ1) is 13.2. The standard InChI is InChI=1S/5C4H9.3FH.2O.3Sn/c5*1-3-4-2;;;;;;;;/h5*1,3-4H2,2H3;3*1H;;;;;/q;;;;;;;;;;3*+1/p-3. The summed E-state index contributed by atoms with van der Waals surface area (Å²) in [7, 11) is 0. The van der Waals surface area contributed by atoms with Gasteiger partial charge in [-0.2, -0.15) is 0 Å². The maximum absolute atomic E-state index is 16.1. The molecule has 0 aliphatic heterocycles. The SMILES string of the molecule is CCC[CH2][Sn]([F])([CH2]CCC)[O][Sn]([F])([CH2]CCC)[O][Sn]([F])([CH2]CCC)[CH2]CCC. The van der Waals surface area contributed by atoms with Crippen molar-refractivity contribution in [2.75, 3.05) is 0 Å². The quantitative estimate of drug-likeness (QED) is 0.124. The van der Waals surface area contributed by atoms with Gasteiger partial charge in [0.1, 0.15) is 0 Å². The molecule has 0 aromatic carbocycles. The molecule has 170 valence electrons. The van der Waals surface area contributed by atoms with E-state index >= 15 is 8.60 Å². The number of rotatable bonds is 19. The van der Waals surface area contributed by atoms with Crippen molar-refractivity contribution >= 4 is 58.5 Å². The summed E-state index contributed by atoms with van der Waals surface area (Å²) < 4.78 is 61.1. The summed E-state index contributed by atoms with van der Waals surface area (Å²) in [5.41, 5.74) is 0. The Hall–Kier alpha value is 2.11. The fourth-order valence-electron chi connectivity index (χ4n) is 3.27.